The van der Waals surface area contributed by atoms with Crippen LogP contribution < -0.4 is 15.5 Å². The van der Waals surface area contributed by atoms with Crippen LogP contribution in [-0.4, -0.2) is 40.0 Å². The van der Waals surface area contributed by atoms with E-state index in [1.54, 1.807) is 24.3 Å². The quantitative estimate of drug-likeness (QED) is 0.712. The second kappa shape index (κ2) is 9.98. The van der Waals surface area contributed by atoms with Gasteiger partial charge in [0.1, 0.15) is 11.1 Å². The Labute approximate surface area is 179 Å². The Morgan fingerprint density at radius 3 is 2.50 bits per heavy atom. The van der Waals surface area contributed by atoms with E-state index in [1.807, 2.05) is 49.4 Å². The summed E-state index contributed by atoms with van der Waals surface area (Å²) in [7, 11) is 0. The van der Waals surface area contributed by atoms with E-state index < -0.39 is 5.91 Å². The number of anilines is 1. The zero-order valence-electron chi connectivity index (χ0n) is 16.7. The van der Waals surface area contributed by atoms with Gasteiger partial charge < -0.3 is 10.1 Å². The molecule has 1 fully saturated rings. The lowest BCUT2D eigenvalue weighted by Crippen LogP contribution is -2.49. The molecule has 3 amide bonds. The lowest BCUT2D eigenvalue weighted by molar-refractivity contribution is -0.140. The molecule has 30 heavy (non-hydrogen) atoms. The minimum Gasteiger partial charge on any atom is -0.484 e. The van der Waals surface area contributed by atoms with Crippen molar-refractivity contribution < 1.29 is 19.1 Å². The summed E-state index contributed by atoms with van der Waals surface area (Å²) in [6.07, 6.45) is 3.82. The molecular weight excluding hydrogens is 402 g/mol. The first kappa shape index (κ1) is 21.4. The molecule has 0 bridgehead atoms. The largest absolute Gasteiger partial charge is 0.484 e. The molecule has 1 aliphatic rings. The third kappa shape index (κ3) is 5.87. The summed E-state index contributed by atoms with van der Waals surface area (Å²) >= 11 is 1.46. The third-order valence-electron chi connectivity index (χ3n) is 4.23. The normalized spacial score (nSPS) is 18.5. The minimum atomic E-state index is -0.429. The number of ether oxygens (including phenoxy) is 1. The fraction of sp³-hybridized carbons (Fsp3) is 0.227. The number of hydrazine groups is 1. The molecule has 156 valence electrons. The summed E-state index contributed by atoms with van der Waals surface area (Å²) in [5.41, 5.74) is 4.30. The van der Waals surface area contributed by atoms with Crippen LogP contribution in [0.2, 0.25) is 0 Å². The first-order chi connectivity index (χ1) is 14.4. The van der Waals surface area contributed by atoms with Crippen LogP contribution in [0.1, 0.15) is 19.4 Å². The Morgan fingerprint density at radius 2 is 1.83 bits per heavy atom. The van der Waals surface area contributed by atoms with Crippen molar-refractivity contribution in [2.45, 2.75) is 24.5 Å². The highest BCUT2D eigenvalue weighted by Crippen LogP contribution is 2.31. The number of thioether (sulfide) groups is 1. The molecule has 1 heterocycles. The number of hydrogen-bond donors (Lipinski definition) is 2. The highest BCUT2D eigenvalue weighted by Gasteiger charge is 2.37. The first-order valence-corrected chi connectivity index (χ1v) is 10.4. The van der Waals surface area contributed by atoms with E-state index in [4.69, 9.17) is 4.74 Å². The number of carbonyl (C=O) groups excluding carboxylic acids is 3. The molecule has 2 atom stereocenters. The Kier molecular flexibility index (Phi) is 7.13. The number of nitrogens with one attached hydrogen (secondary N) is 2. The number of nitrogens with zero attached hydrogens (tertiary/aromatic N) is 1. The van der Waals surface area contributed by atoms with Gasteiger partial charge in [-0.15, -0.1) is 11.8 Å². The molecule has 0 spiro atoms. The van der Waals surface area contributed by atoms with Crippen LogP contribution >= 0.6 is 11.8 Å². The van der Waals surface area contributed by atoms with Gasteiger partial charge in [0.2, 0.25) is 5.91 Å². The monoisotopic (exact) mass is 425 g/mol. The van der Waals surface area contributed by atoms with Gasteiger partial charge in [0.05, 0.1) is 5.25 Å². The Bertz CT molecular complexity index is 931. The zero-order valence-corrected chi connectivity index (χ0v) is 17.5. The van der Waals surface area contributed by atoms with Crippen molar-refractivity contribution in [3.63, 3.8) is 0 Å². The standard InChI is InChI=1S/C22H23N3O4S/c1-15-22(28)25(21(30-15)13-8-17-6-4-3-5-7-17)24-20(27)14-29-19-11-9-18(10-12-19)23-16(2)26/h3-13,15,21H,14H2,1-2H3,(H,23,26)(H,24,27)/b13-8+. The number of rotatable bonds is 7. The summed E-state index contributed by atoms with van der Waals surface area (Å²) < 4.78 is 5.48. The molecule has 7 nitrogen and oxygen atoms in total. The number of hydrogen-bond acceptors (Lipinski definition) is 5. The van der Waals surface area contributed by atoms with E-state index in [-0.39, 0.29) is 29.0 Å². The maximum atomic E-state index is 12.4. The molecule has 2 aromatic carbocycles. The molecule has 1 saturated heterocycles. The van der Waals surface area contributed by atoms with Gasteiger partial charge in [0.15, 0.2) is 6.61 Å². The fourth-order valence-corrected chi connectivity index (χ4v) is 3.91. The first-order valence-electron chi connectivity index (χ1n) is 9.44. The maximum absolute atomic E-state index is 12.4. The van der Waals surface area contributed by atoms with Gasteiger partial charge in [-0.2, -0.15) is 0 Å². The average Bonchev–Trinajstić information content (AvgIpc) is 3.00. The van der Waals surface area contributed by atoms with Gasteiger partial charge >= 0.3 is 0 Å². The van der Waals surface area contributed by atoms with Gasteiger partial charge in [-0.3, -0.25) is 19.8 Å². The van der Waals surface area contributed by atoms with E-state index in [0.29, 0.717) is 11.4 Å². The van der Waals surface area contributed by atoms with Crippen LogP contribution in [0.3, 0.4) is 0 Å². The van der Waals surface area contributed by atoms with Gasteiger partial charge in [0, 0.05) is 12.6 Å². The maximum Gasteiger partial charge on any atom is 0.276 e. The second-order valence-corrected chi connectivity index (χ2v) is 8.14. The molecule has 0 saturated carbocycles. The van der Waals surface area contributed by atoms with Crippen molar-refractivity contribution in [3.05, 3.63) is 66.2 Å². The topological polar surface area (TPSA) is 87.7 Å². The van der Waals surface area contributed by atoms with Crippen molar-refractivity contribution in [1.82, 2.24) is 10.4 Å². The second-order valence-electron chi connectivity index (χ2n) is 6.68. The van der Waals surface area contributed by atoms with Gasteiger partial charge in [-0.25, -0.2) is 5.01 Å². The van der Waals surface area contributed by atoms with Crippen LogP contribution in [-0.2, 0) is 14.4 Å². The highest BCUT2D eigenvalue weighted by molar-refractivity contribution is 8.01. The molecule has 0 radical (unpaired) electrons. The Balaban J connectivity index is 1.56. The number of benzene rings is 2. The van der Waals surface area contributed by atoms with E-state index in [9.17, 15) is 14.4 Å². The summed E-state index contributed by atoms with van der Waals surface area (Å²) in [4.78, 5) is 35.8. The van der Waals surface area contributed by atoms with Crippen LogP contribution in [0.15, 0.2) is 60.7 Å². The smallest absolute Gasteiger partial charge is 0.276 e. The molecular formula is C22H23N3O4S. The molecule has 1 aliphatic heterocycles. The van der Waals surface area contributed by atoms with Gasteiger partial charge in [0.25, 0.3) is 11.8 Å². The minimum absolute atomic E-state index is 0.157. The van der Waals surface area contributed by atoms with E-state index in [0.717, 1.165) is 5.56 Å². The molecule has 0 aromatic heterocycles. The summed E-state index contributed by atoms with van der Waals surface area (Å²) in [6, 6.07) is 16.4. The molecule has 2 unspecified atom stereocenters. The van der Waals surface area contributed by atoms with Crippen LogP contribution in [0.4, 0.5) is 5.69 Å². The van der Waals surface area contributed by atoms with Crippen molar-refractivity contribution in [3.8, 4) is 5.75 Å². The number of carbonyl (C=O) groups is 3. The van der Waals surface area contributed by atoms with Crippen LogP contribution in [0.5, 0.6) is 5.75 Å². The third-order valence-corrected chi connectivity index (χ3v) is 5.48. The van der Waals surface area contributed by atoms with Crippen LogP contribution in [0.25, 0.3) is 6.08 Å². The highest BCUT2D eigenvalue weighted by atomic mass is 32.2. The fourth-order valence-electron chi connectivity index (χ4n) is 2.81. The van der Waals surface area contributed by atoms with Crippen molar-refractivity contribution in [2.75, 3.05) is 11.9 Å². The molecule has 8 heteroatoms. The molecule has 2 aromatic rings. The molecule has 0 aliphatic carbocycles. The predicted molar refractivity (Wildman–Crippen MR) is 118 cm³/mol. The summed E-state index contributed by atoms with van der Waals surface area (Å²) in [5.74, 6) is -0.269. The van der Waals surface area contributed by atoms with Gasteiger partial charge in [-0.05, 0) is 42.8 Å². The Morgan fingerprint density at radius 1 is 1.13 bits per heavy atom. The van der Waals surface area contributed by atoms with E-state index >= 15 is 0 Å². The predicted octanol–water partition coefficient (Wildman–Crippen LogP) is 3.06. The zero-order chi connectivity index (χ0) is 21.5. The lowest BCUT2D eigenvalue weighted by Gasteiger charge is -2.22. The van der Waals surface area contributed by atoms with Crippen LogP contribution in [0, 0.1) is 0 Å². The van der Waals surface area contributed by atoms with Crippen molar-refractivity contribution in [1.29, 1.82) is 0 Å². The number of amides is 3. The summed E-state index contributed by atoms with van der Waals surface area (Å²) in [5, 5.41) is 3.45. The Hall–Kier alpha value is -3.26. The van der Waals surface area contributed by atoms with Crippen molar-refractivity contribution >= 4 is 41.2 Å². The van der Waals surface area contributed by atoms with Gasteiger partial charge in [-0.1, -0.05) is 36.4 Å². The van der Waals surface area contributed by atoms with Crippen molar-refractivity contribution in [2.24, 2.45) is 0 Å². The van der Waals surface area contributed by atoms with E-state index in [1.165, 1.54) is 23.7 Å². The lowest BCUT2D eigenvalue weighted by atomic mass is 10.2. The SMILES string of the molecule is CC(=O)Nc1ccc(OCC(=O)NN2C(=O)C(C)SC2/C=C/c2ccccc2)cc1. The van der Waals surface area contributed by atoms with E-state index in [2.05, 4.69) is 10.7 Å². The molecule has 3 rings (SSSR count). The molecule has 2 N–H and O–H groups in total. The summed E-state index contributed by atoms with van der Waals surface area (Å²) in [6.45, 7) is 3.00. The average molecular weight is 426 g/mol.